The Morgan fingerprint density at radius 2 is 2.10 bits per heavy atom. The number of hydrogen-bond donors (Lipinski definition) is 1. The number of carbonyl (C=O) groups is 1. The molecule has 1 unspecified atom stereocenters. The molecule has 2 heterocycles. The van der Waals surface area contributed by atoms with Crippen LogP contribution >= 0.6 is 11.6 Å². The summed E-state index contributed by atoms with van der Waals surface area (Å²) in [4.78, 5) is 15.0. The van der Waals surface area contributed by atoms with Crippen LogP contribution in [0.2, 0.25) is 5.02 Å². The van der Waals surface area contributed by atoms with Crippen molar-refractivity contribution in [1.29, 1.82) is 0 Å². The zero-order chi connectivity index (χ0) is 28.6. The molecule has 4 aliphatic rings. The maximum atomic E-state index is 12.5. The summed E-state index contributed by atoms with van der Waals surface area (Å²) in [5, 5.41) is 10.2. The van der Waals surface area contributed by atoms with Gasteiger partial charge in [0.2, 0.25) is 0 Å². The average molecular weight is 584 g/mol. The average Bonchev–Trinajstić information content (AvgIpc) is 3.11. The molecular formula is C33H42ClNO6. The van der Waals surface area contributed by atoms with Crippen molar-refractivity contribution in [1.82, 2.24) is 0 Å². The Kier molecular flexibility index (Phi) is 8.51. The molecule has 2 aromatic carbocycles. The Morgan fingerprint density at radius 3 is 2.88 bits per heavy atom. The molecule has 41 heavy (non-hydrogen) atoms. The van der Waals surface area contributed by atoms with Gasteiger partial charge in [-0.15, -0.1) is 0 Å². The number of aliphatic hydroxyl groups is 1. The summed E-state index contributed by atoms with van der Waals surface area (Å²) in [7, 11) is 1.42. The molecule has 1 saturated heterocycles. The Hall–Kier alpha value is -2.32. The van der Waals surface area contributed by atoms with E-state index < -0.39 is 0 Å². The normalized spacial score (nSPS) is 29.9. The van der Waals surface area contributed by atoms with E-state index >= 15 is 0 Å². The van der Waals surface area contributed by atoms with Crippen LogP contribution in [-0.2, 0) is 26.0 Å². The van der Waals surface area contributed by atoms with E-state index in [1.165, 1.54) is 18.2 Å². The van der Waals surface area contributed by atoms with Crippen LogP contribution < -0.4 is 9.64 Å². The fourth-order valence-corrected chi connectivity index (χ4v) is 7.74. The van der Waals surface area contributed by atoms with E-state index in [2.05, 4.69) is 17.0 Å². The molecule has 6 atom stereocenters. The Bertz CT molecular complexity index is 1250. The lowest BCUT2D eigenvalue weighted by Gasteiger charge is -2.48. The molecule has 1 saturated carbocycles. The van der Waals surface area contributed by atoms with E-state index in [1.807, 2.05) is 25.1 Å². The number of aliphatic hydroxyl groups excluding tert-OH is 1. The first-order valence-corrected chi connectivity index (χ1v) is 15.5. The molecule has 2 aliphatic heterocycles. The van der Waals surface area contributed by atoms with Gasteiger partial charge in [0.05, 0.1) is 49.9 Å². The van der Waals surface area contributed by atoms with Gasteiger partial charge in [0.25, 0.3) is 0 Å². The number of aryl methyl sites for hydroxylation is 1. The summed E-state index contributed by atoms with van der Waals surface area (Å²) in [6.45, 7) is 4.93. The van der Waals surface area contributed by atoms with Gasteiger partial charge in [-0.05, 0) is 98.7 Å². The third kappa shape index (κ3) is 5.83. The molecular weight excluding hydrogens is 542 g/mol. The van der Waals surface area contributed by atoms with Crippen LogP contribution in [0.5, 0.6) is 5.75 Å². The van der Waals surface area contributed by atoms with Crippen LogP contribution in [0.25, 0.3) is 0 Å². The van der Waals surface area contributed by atoms with Crippen molar-refractivity contribution in [2.45, 2.75) is 75.6 Å². The standard InChI is InChI=1S/C33H42ClNO6/c1-21(18-36)41-26-11-13-39-31(16-26)27-8-5-24(27)17-35-19-33(12-3-4-22-14-25(34)7-9-28(22)33)20-40-30-10-6-23(15-29(30)35)32(37)38-2/h6-7,9-10,14-15,21,24,26-27,31,36H,3-5,8,11-13,16-20H2,1-2H3/t21?,24-,26-,27+,31-,33-/m0/s1. The van der Waals surface area contributed by atoms with Gasteiger partial charge in [-0.3, -0.25) is 0 Å². The second kappa shape index (κ2) is 12.1. The number of anilines is 1. The highest BCUT2D eigenvalue weighted by atomic mass is 35.5. The van der Waals surface area contributed by atoms with E-state index in [9.17, 15) is 9.90 Å². The molecule has 0 radical (unpaired) electrons. The number of benzene rings is 2. The SMILES string of the molecule is COC(=O)c1ccc2c(c1)N(C[C@@H]1CC[C@H]1[C@@H]1C[C@@H](OC(C)CO)CCO1)C[C@@]1(CCCc3cc(Cl)ccc31)CO2. The zero-order valence-corrected chi connectivity index (χ0v) is 24.9. The molecule has 2 aliphatic carbocycles. The fourth-order valence-electron chi connectivity index (χ4n) is 7.54. The van der Waals surface area contributed by atoms with E-state index in [0.717, 1.165) is 74.5 Å². The summed E-state index contributed by atoms with van der Waals surface area (Å²) in [5.41, 5.74) is 3.97. The maximum Gasteiger partial charge on any atom is 0.337 e. The zero-order valence-electron chi connectivity index (χ0n) is 24.1. The highest BCUT2D eigenvalue weighted by Crippen LogP contribution is 2.47. The predicted octanol–water partition coefficient (Wildman–Crippen LogP) is 5.57. The van der Waals surface area contributed by atoms with Crippen LogP contribution in [0.3, 0.4) is 0 Å². The van der Waals surface area contributed by atoms with Crippen molar-refractivity contribution in [3.63, 3.8) is 0 Å². The number of esters is 1. The lowest BCUT2D eigenvalue weighted by molar-refractivity contribution is -0.134. The summed E-state index contributed by atoms with van der Waals surface area (Å²) in [6, 6.07) is 12.0. The van der Waals surface area contributed by atoms with Crippen molar-refractivity contribution in [2.75, 3.05) is 44.9 Å². The second-order valence-corrected chi connectivity index (χ2v) is 12.9. The first kappa shape index (κ1) is 28.8. The molecule has 6 rings (SSSR count). The smallest absolute Gasteiger partial charge is 0.337 e. The van der Waals surface area contributed by atoms with E-state index in [0.29, 0.717) is 30.6 Å². The fraction of sp³-hybridized carbons (Fsp3) is 0.606. The van der Waals surface area contributed by atoms with Gasteiger partial charge in [-0.2, -0.15) is 0 Å². The van der Waals surface area contributed by atoms with Crippen LogP contribution in [0.4, 0.5) is 5.69 Å². The van der Waals surface area contributed by atoms with E-state index in [4.69, 9.17) is 30.5 Å². The summed E-state index contributed by atoms with van der Waals surface area (Å²) in [5.74, 6) is 1.39. The number of ether oxygens (including phenoxy) is 4. The van der Waals surface area contributed by atoms with Gasteiger partial charge in [0.1, 0.15) is 5.75 Å². The van der Waals surface area contributed by atoms with Crippen molar-refractivity contribution in [2.24, 2.45) is 11.8 Å². The summed E-state index contributed by atoms with van der Waals surface area (Å²) in [6.07, 6.45) is 7.32. The number of nitrogens with zero attached hydrogens (tertiary/aromatic N) is 1. The maximum absolute atomic E-state index is 12.5. The number of halogens is 1. The molecule has 7 nitrogen and oxygen atoms in total. The van der Waals surface area contributed by atoms with Gasteiger partial charge in [0.15, 0.2) is 0 Å². The van der Waals surface area contributed by atoms with E-state index in [1.54, 1.807) is 6.07 Å². The predicted molar refractivity (Wildman–Crippen MR) is 158 cm³/mol. The molecule has 1 spiro atoms. The molecule has 0 aromatic heterocycles. The third-order valence-electron chi connectivity index (χ3n) is 9.82. The number of fused-ring (bicyclic) bond motifs is 3. The lowest BCUT2D eigenvalue weighted by Crippen LogP contribution is -2.51. The lowest BCUT2D eigenvalue weighted by atomic mass is 9.67. The summed E-state index contributed by atoms with van der Waals surface area (Å²) < 4.78 is 24.0. The van der Waals surface area contributed by atoms with Crippen LogP contribution in [0.1, 0.15) is 66.9 Å². The van der Waals surface area contributed by atoms with Gasteiger partial charge in [-0.25, -0.2) is 4.79 Å². The Balaban J connectivity index is 1.28. The van der Waals surface area contributed by atoms with Gasteiger partial charge < -0.3 is 29.0 Å². The minimum absolute atomic E-state index is 0.0369. The third-order valence-corrected chi connectivity index (χ3v) is 10.1. The topological polar surface area (TPSA) is 77.5 Å². The number of hydrogen-bond acceptors (Lipinski definition) is 7. The number of rotatable bonds is 7. The minimum Gasteiger partial charge on any atom is -0.490 e. The van der Waals surface area contributed by atoms with Crippen LogP contribution in [0.15, 0.2) is 36.4 Å². The van der Waals surface area contributed by atoms with Gasteiger partial charge >= 0.3 is 5.97 Å². The molecule has 2 fully saturated rings. The first-order valence-electron chi connectivity index (χ1n) is 15.2. The highest BCUT2D eigenvalue weighted by Gasteiger charge is 2.45. The molecule has 2 aromatic rings. The monoisotopic (exact) mass is 583 g/mol. The van der Waals surface area contributed by atoms with Crippen molar-refractivity contribution >= 4 is 23.3 Å². The largest absolute Gasteiger partial charge is 0.490 e. The number of methoxy groups -OCH3 is 1. The Labute approximate surface area is 248 Å². The van der Waals surface area contributed by atoms with Crippen molar-refractivity contribution in [3.05, 3.63) is 58.1 Å². The second-order valence-electron chi connectivity index (χ2n) is 12.5. The summed E-state index contributed by atoms with van der Waals surface area (Å²) >= 11 is 6.41. The van der Waals surface area contributed by atoms with Gasteiger partial charge in [-0.1, -0.05) is 17.7 Å². The van der Waals surface area contributed by atoms with Crippen molar-refractivity contribution in [3.8, 4) is 5.75 Å². The molecule has 0 bridgehead atoms. The Morgan fingerprint density at radius 1 is 1.22 bits per heavy atom. The van der Waals surface area contributed by atoms with E-state index in [-0.39, 0.29) is 36.3 Å². The molecule has 1 N–H and O–H groups in total. The number of carbonyl (C=O) groups excluding carboxylic acids is 1. The van der Waals surface area contributed by atoms with Crippen molar-refractivity contribution < 1.29 is 28.8 Å². The molecule has 0 amide bonds. The molecule has 222 valence electrons. The van der Waals surface area contributed by atoms with Gasteiger partial charge in [0, 0.05) is 36.6 Å². The first-order chi connectivity index (χ1) is 19.9. The quantitative estimate of drug-likeness (QED) is 0.427. The highest BCUT2D eigenvalue weighted by molar-refractivity contribution is 6.30. The minimum atomic E-state index is -0.343. The van der Waals surface area contributed by atoms with Crippen LogP contribution in [0, 0.1) is 11.8 Å². The molecule has 8 heteroatoms. The van der Waals surface area contributed by atoms with Crippen LogP contribution in [-0.4, -0.2) is 69.4 Å².